The van der Waals surface area contributed by atoms with E-state index in [2.05, 4.69) is 5.32 Å². The van der Waals surface area contributed by atoms with Crippen molar-refractivity contribution in [3.63, 3.8) is 0 Å². The van der Waals surface area contributed by atoms with Crippen LogP contribution in [0.15, 0.2) is 0 Å². The van der Waals surface area contributed by atoms with E-state index in [-0.39, 0.29) is 35.4 Å². The zero-order valence-corrected chi connectivity index (χ0v) is 11.6. The molecular formula is C11H20N2O4S. The number of sulfone groups is 1. The Kier molecular flexibility index (Phi) is 3.93. The molecule has 0 aromatic rings. The first-order valence-electron chi connectivity index (χ1n) is 6.16. The average molecular weight is 276 g/mol. The molecule has 0 saturated carbocycles. The first-order chi connectivity index (χ1) is 8.44. The van der Waals surface area contributed by atoms with E-state index in [1.54, 1.807) is 19.0 Å². The molecule has 6 nitrogen and oxygen atoms in total. The first kappa shape index (κ1) is 13.8. The molecular weight excluding hydrogens is 256 g/mol. The maximum atomic E-state index is 12.3. The van der Waals surface area contributed by atoms with Crippen LogP contribution in [-0.4, -0.2) is 70.1 Å². The van der Waals surface area contributed by atoms with E-state index in [9.17, 15) is 13.2 Å². The van der Waals surface area contributed by atoms with Crippen LogP contribution in [0.25, 0.3) is 0 Å². The van der Waals surface area contributed by atoms with Crippen molar-refractivity contribution in [3.8, 4) is 0 Å². The molecule has 0 spiro atoms. The summed E-state index contributed by atoms with van der Waals surface area (Å²) in [5, 5.41) is 3.07. The van der Waals surface area contributed by atoms with Crippen LogP contribution in [0.2, 0.25) is 0 Å². The van der Waals surface area contributed by atoms with Crippen molar-refractivity contribution < 1.29 is 17.9 Å². The molecule has 0 aromatic heterocycles. The predicted molar refractivity (Wildman–Crippen MR) is 67.0 cm³/mol. The summed E-state index contributed by atoms with van der Waals surface area (Å²) >= 11 is 0. The number of carbonyl (C=O) groups excluding carboxylic acids is 1. The highest BCUT2D eigenvalue weighted by Crippen LogP contribution is 2.21. The lowest BCUT2D eigenvalue weighted by Crippen LogP contribution is -2.47. The Hall–Kier alpha value is -0.660. The third-order valence-electron chi connectivity index (χ3n) is 3.87. The van der Waals surface area contributed by atoms with E-state index in [1.165, 1.54) is 0 Å². The number of hydrogen-bond acceptors (Lipinski definition) is 5. The van der Waals surface area contributed by atoms with Gasteiger partial charge in [0.2, 0.25) is 5.91 Å². The second-order valence-corrected chi connectivity index (χ2v) is 7.27. The number of nitrogens with zero attached hydrogens (tertiary/aromatic N) is 1. The molecule has 0 aliphatic carbocycles. The molecule has 2 saturated heterocycles. The molecule has 2 heterocycles. The number of carbonyl (C=O) groups is 1. The van der Waals surface area contributed by atoms with E-state index in [4.69, 9.17) is 4.74 Å². The highest BCUT2D eigenvalue weighted by atomic mass is 32.2. The number of likely N-dealkylation sites (N-methyl/N-ethyl adjacent to an activating group) is 1. The van der Waals surface area contributed by atoms with Crippen molar-refractivity contribution in [3.05, 3.63) is 0 Å². The summed E-state index contributed by atoms with van der Waals surface area (Å²) < 4.78 is 28.2. The monoisotopic (exact) mass is 276 g/mol. The van der Waals surface area contributed by atoms with Crippen LogP contribution in [0.3, 0.4) is 0 Å². The molecule has 2 aliphatic heterocycles. The van der Waals surface area contributed by atoms with Gasteiger partial charge in [-0.3, -0.25) is 4.79 Å². The molecule has 7 heteroatoms. The van der Waals surface area contributed by atoms with Gasteiger partial charge in [0.1, 0.15) is 0 Å². The van der Waals surface area contributed by atoms with Gasteiger partial charge in [0.05, 0.1) is 30.6 Å². The van der Waals surface area contributed by atoms with Gasteiger partial charge in [-0.2, -0.15) is 0 Å². The fraction of sp³-hybridized carbons (Fsp3) is 0.909. The van der Waals surface area contributed by atoms with Crippen LogP contribution in [0.4, 0.5) is 0 Å². The Morgan fingerprint density at radius 1 is 1.39 bits per heavy atom. The number of nitrogens with one attached hydrogen (secondary N) is 1. The molecule has 0 radical (unpaired) electrons. The van der Waals surface area contributed by atoms with Crippen LogP contribution in [-0.2, 0) is 19.4 Å². The summed E-state index contributed by atoms with van der Waals surface area (Å²) in [6.45, 7) is 0.942. The summed E-state index contributed by atoms with van der Waals surface area (Å²) in [4.78, 5) is 13.9. The Bertz CT molecular complexity index is 423. The lowest BCUT2D eigenvalue weighted by molar-refractivity contribution is -0.136. The van der Waals surface area contributed by atoms with Gasteiger partial charge in [0.25, 0.3) is 0 Å². The maximum Gasteiger partial charge on any atom is 0.229 e. The quantitative estimate of drug-likeness (QED) is 0.706. The minimum atomic E-state index is -2.96. The maximum absolute atomic E-state index is 12.3. The van der Waals surface area contributed by atoms with Gasteiger partial charge in [0.15, 0.2) is 9.84 Å². The van der Waals surface area contributed by atoms with Gasteiger partial charge in [-0.1, -0.05) is 0 Å². The van der Waals surface area contributed by atoms with Crippen molar-refractivity contribution in [2.45, 2.75) is 18.5 Å². The minimum absolute atomic E-state index is 0.0195. The van der Waals surface area contributed by atoms with E-state index in [0.717, 1.165) is 0 Å². The van der Waals surface area contributed by atoms with Crippen molar-refractivity contribution in [2.24, 2.45) is 5.92 Å². The lowest BCUT2D eigenvalue weighted by Gasteiger charge is -2.28. The van der Waals surface area contributed by atoms with Crippen LogP contribution in [0, 0.1) is 5.92 Å². The summed E-state index contributed by atoms with van der Waals surface area (Å²) in [5.41, 5.74) is 0. The SMILES string of the molecule is CNC1COCC1C(=O)N(C)C1CCS(=O)(=O)C1. The van der Waals surface area contributed by atoms with Crippen LogP contribution in [0.5, 0.6) is 0 Å². The molecule has 1 amide bonds. The van der Waals surface area contributed by atoms with Crippen molar-refractivity contribution in [2.75, 3.05) is 38.8 Å². The Morgan fingerprint density at radius 2 is 2.11 bits per heavy atom. The molecule has 2 aliphatic rings. The third-order valence-corrected chi connectivity index (χ3v) is 5.62. The normalized spacial score (nSPS) is 34.7. The Morgan fingerprint density at radius 3 is 2.67 bits per heavy atom. The second-order valence-electron chi connectivity index (χ2n) is 5.05. The van der Waals surface area contributed by atoms with E-state index in [1.807, 2.05) is 0 Å². The number of hydrogen-bond donors (Lipinski definition) is 1. The van der Waals surface area contributed by atoms with Crippen LogP contribution in [0.1, 0.15) is 6.42 Å². The highest BCUT2D eigenvalue weighted by molar-refractivity contribution is 7.91. The summed E-state index contributed by atoms with van der Waals surface area (Å²) in [7, 11) is 0.541. The molecule has 3 atom stereocenters. The van der Waals surface area contributed by atoms with Crippen molar-refractivity contribution >= 4 is 15.7 Å². The molecule has 1 N–H and O–H groups in total. The topological polar surface area (TPSA) is 75.7 Å². The summed E-state index contributed by atoms with van der Waals surface area (Å²) in [6.07, 6.45) is 0.544. The number of ether oxygens (including phenoxy) is 1. The standard InChI is InChI=1S/C11H20N2O4S/c1-12-10-6-17-5-9(10)11(14)13(2)8-3-4-18(15,16)7-8/h8-10,12H,3-7H2,1-2H3. The molecule has 2 rings (SSSR count). The predicted octanol–water partition coefficient (Wildman–Crippen LogP) is -1.13. The molecule has 2 fully saturated rings. The van der Waals surface area contributed by atoms with Gasteiger partial charge >= 0.3 is 0 Å². The van der Waals surface area contributed by atoms with E-state index < -0.39 is 9.84 Å². The van der Waals surface area contributed by atoms with E-state index >= 15 is 0 Å². The summed E-state index contributed by atoms with van der Waals surface area (Å²) in [5.74, 6) is 0.0520. The molecule has 104 valence electrons. The van der Waals surface area contributed by atoms with Gasteiger partial charge in [-0.25, -0.2) is 8.42 Å². The zero-order chi connectivity index (χ0) is 13.3. The zero-order valence-electron chi connectivity index (χ0n) is 10.8. The lowest BCUT2D eigenvalue weighted by atomic mass is 10.0. The molecule has 3 unspecified atom stereocenters. The van der Waals surface area contributed by atoms with Crippen molar-refractivity contribution in [1.29, 1.82) is 0 Å². The molecule has 0 bridgehead atoms. The smallest absolute Gasteiger partial charge is 0.229 e. The fourth-order valence-corrected chi connectivity index (χ4v) is 4.38. The van der Waals surface area contributed by atoms with Gasteiger partial charge < -0.3 is 15.0 Å². The largest absolute Gasteiger partial charge is 0.379 e. The summed E-state index contributed by atoms with van der Waals surface area (Å²) in [6, 6.07) is -0.154. The van der Waals surface area contributed by atoms with Gasteiger partial charge in [-0.15, -0.1) is 0 Å². The fourth-order valence-electron chi connectivity index (χ4n) is 2.60. The Labute approximate surface area is 108 Å². The molecule has 18 heavy (non-hydrogen) atoms. The van der Waals surface area contributed by atoms with Gasteiger partial charge in [0, 0.05) is 19.1 Å². The Balaban J connectivity index is 2.01. The highest BCUT2D eigenvalue weighted by Gasteiger charge is 2.39. The van der Waals surface area contributed by atoms with Crippen LogP contribution < -0.4 is 5.32 Å². The molecule has 0 aromatic carbocycles. The third kappa shape index (κ3) is 2.67. The second kappa shape index (κ2) is 5.14. The average Bonchev–Trinajstić information content (AvgIpc) is 2.92. The van der Waals surface area contributed by atoms with Crippen LogP contribution >= 0.6 is 0 Å². The number of rotatable bonds is 3. The first-order valence-corrected chi connectivity index (χ1v) is 7.99. The number of amides is 1. The van der Waals surface area contributed by atoms with Gasteiger partial charge in [-0.05, 0) is 13.5 Å². The van der Waals surface area contributed by atoms with Crippen molar-refractivity contribution in [1.82, 2.24) is 10.2 Å². The minimum Gasteiger partial charge on any atom is -0.379 e. The van der Waals surface area contributed by atoms with E-state index in [0.29, 0.717) is 19.6 Å².